The smallest absolute Gasteiger partial charge is 0.306 e. The summed E-state index contributed by atoms with van der Waals surface area (Å²) in [7, 11) is 0. The molecule has 1 aromatic heterocycles. The molecule has 12 N–H and O–H groups in total. The number of amides is 5. The molecule has 0 spiro atoms. The largest absolute Gasteiger partial charge is 0.463 e. The number of aromatic nitrogens is 3. The van der Waals surface area contributed by atoms with Crippen LogP contribution in [0, 0.1) is 0 Å². The van der Waals surface area contributed by atoms with Gasteiger partial charge in [0.2, 0.25) is 29.5 Å². The average Bonchev–Trinajstić information content (AvgIpc) is 3.78. The van der Waals surface area contributed by atoms with Crippen LogP contribution >= 0.6 is 0 Å². The molecule has 7 rings (SSSR count). The van der Waals surface area contributed by atoms with E-state index in [9.17, 15) is 73.3 Å². The van der Waals surface area contributed by atoms with Gasteiger partial charge in [-0.3, -0.25) is 28.8 Å². The quantitative estimate of drug-likeness (QED) is 0.0647. The van der Waals surface area contributed by atoms with Crippen LogP contribution in [0.3, 0.4) is 0 Å². The lowest BCUT2D eigenvalue weighted by Crippen LogP contribution is -2.63. The highest BCUT2D eigenvalue weighted by Crippen LogP contribution is 2.41. The topological polar surface area (TPSA) is 383 Å². The number of anilines is 1. The number of aliphatic hydroxyl groups is 8. The molecule has 5 heterocycles. The first-order valence-electron chi connectivity index (χ1n) is 23.9. The Morgan fingerprint density at radius 3 is 1.91 bits per heavy atom. The van der Waals surface area contributed by atoms with Gasteiger partial charge >= 0.3 is 5.97 Å². The summed E-state index contributed by atoms with van der Waals surface area (Å²) in [5, 5.41) is 96.6. The van der Waals surface area contributed by atoms with Gasteiger partial charge in [0.25, 0.3) is 0 Å². The van der Waals surface area contributed by atoms with Crippen molar-refractivity contribution in [1.29, 1.82) is 0 Å². The first-order chi connectivity index (χ1) is 35.6. The summed E-state index contributed by atoms with van der Waals surface area (Å²) in [5.41, 5.74) is 3.27. The van der Waals surface area contributed by atoms with Crippen LogP contribution in [-0.4, -0.2) is 210 Å². The Hall–Kier alpha value is -6.18. The zero-order valence-corrected chi connectivity index (χ0v) is 40.8. The number of hydrogen-bond donors (Lipinski definition) is 12. The van der Waals surface area contributed by atoms with Crippen molar-refractivity contribution in [1.82, 2.24) is 36.3 Å². The Bertz CT molecular complexity index is 2490. The molecule has 5 amide bonds. The van der Waals surface area contributed by atoms with Gasteiger partial charge in [0.1, 0.15) is 73.7 Å². The Labute approximate surface area is 426 Å². The zero-order chi connectivity index (χ0) is 54.8. The van der Waals surface area contributed by atoms with Gasteiger partial charge < -0.3 is 86.0 Å². The van der Waals surface area contributed by atoms with E-state index in [1.54, 1.807) is 48.2 Å². The maximum Gasteiger partial charge on any atom is 0.306 e. The van der Waals surface area contributed by atoms with Crippen molar-refractivity contribution in [2.75, 3.05) is 31.3 Å². The molecule has 2 aromatic carbocycles. The molecular weight excluding hydrogens is 1000 g/mol. The fourth-order valence-electron chi connectivity index (χ4n) is 8.92. The summed E-state index contributed by atoms with van der Waals surface area (Å²) in [6, 6.07) is 10.6. The molecule has 75 heavy (non-hydrogen) atoms. The number of hydrogen-bond acceptors (Lipinski definition) is 20. The molecule has 4 aliphatic heterocycles. The molecule has 0 aliphatic carbocycles. The monoisotopic (exact) mass is 1060 g/mol. The number of carbonyl (C=O) groups excluding carboxylic acids is 6. The minimum atomic E-state index is -2.09. The third kappa shape index (κ3) is 14.0. The molecule has 2 unspecified atom stereocenters. The first-order valence-corrected chi connectivity index (χ1v) is 23.9. The molecule has 3 aromatic rings. The van der Waals surface area contributed by atoms with E-state index in [4.69, 9.17) is 19.3 Å². The summed E-state index contributed by atoms with van der Waals surface area (Å²) >= 11 is 0. The van der Waals surface area contributed by atoms with Crippen LogP contribution in [-0.2, 0) is 60.8 Å². The molecule has 0 bridgehead atoms. The van der Waals surface area contributed by atoms with Crippen molar-refractivity contribution in [3.63, 3.8) is 0 Å². The van der Waals surface area contributed by atoms with Crippen LogP contribution in [0.25, 0.3) is 22.5 Å². The van der Waals surface area contributed by atoms with Gasteiger partial charge in [-0.15, -0.1) is 5.10 Å². The van der Waals surface area contributed by atoms with Gasteiger partial charge in [-0.2, -0.15) is 0 Å². The number of carbonyl (C=O) groups is 6. The number of nitrogens with one attached hydrogen (secondary N) is 4. The van der Waals surface area contributed by atoms with E-state index in [2.05, 4.69) is 36.3 Å². The first kappa shape index (κ1) is 58.1. The number of fused-ring (bicyclic) bond motifs is 5. The van der Waals surface area contributed by atoms with Gasteiger partial charge in [-0.1, -0.05) is 47.7 Å². The number of para-hydroxylation sites is 1. The summed E-state index contributed by atoms with van der Waals surface area (Å²) in [6.07, 6.45) is -18.8. The fourth-order valence-corrected chi connectivity index (χ4v) is 8.92. The third-order valence-electron chi connectivity index (χ3n) is 12.8. The molecule has 412 valence electrons. The normalized spacial score (nSPS) is 30.0. The zero-order valence-electron chi connectivity index (χ0n) is 40.8. The van der Waals surface area contributed by atoms with Gasteiger partial charge in [0.05, 0.1) is 49.7 Å². The van der Waals surface area contributed by atoms with Crippen LogP contribution < -0.4 is 26.2 Å². The highest BCUT2D eigenvalue weighted by molar-refractivity contribution is 6.00. The van der Waals surface area contributed by atoms with E-state index in [-0.39, 0.29) is 38.4 Å². The van der Waals surface area contributed by atoms with Crippen LogP contribution in [0.1, 0.15) is 45.6 Å². The molecule has 0 saturated carbocycles. The highest BCUT2D eigenvalue weighted by Gasteiger charge is 2.47. The second-order valence-electron chi connectivity index (χ2n) is 18.2. The number of aliphatic hydroxyl groups excluding tert-OH is 8. The predicted octanol–water partition coefficient (Wildman–Crippen LogP) is -3.90. The number of nitrogens with zero attached hydrogens (tertiary/aromatic N) is 4. The molecule has 3 fully saturated rings. The van der Waals surface area contributed by atoms with Crippen LogP contribution in [0.15, 0.2) is 48.5 Å². The average molecular weight is 1070 g/mol. The minimum Gasteiger partial charge on any atom is -0.463 e. The lowest BCUT2D eigenvalue weighted by atomic mass is 9.93. The maximum absolute atomic E-state index is 14.7. The van der Waals surface area contributed by atoms with E-state index in [0.717, 1.165) is 6.92 Å². The van der Waals surface area contributed by atoms with Crippen LogP contribution in [0.2, 0.25) is 0 Å². The van der Waals surface area contributed by atoms with Crippen molar-refractivity contribution >= 4 is 41.2 Å². The molecule has 3 saturated heterocycles. The Kier molecular flexibility index (Phi) is 20.2. The number of esters is 1. The van der Waals surface area contributed by atoms with Gasteiger partial charge in [0, 0.05) is 44.4 Å². The molecular formula is C47H62F2N8O18. The SMILES string of the molecule is CC(=O)N[C@H]1C(O)O[C@H](CO)[C@@H](F)[C@@H]1O.CC(=O)N[C@H]1C(O)O[C@H](COC(=O)CCC(=O)NCCC(=O)N2Cc3ccccc3-c3c(nnn3CC(=O)N[C@@H]3[C@@H](O)[C@@H](O)[C@@H](CO)O[C@H]3C)-c3ccccc32)[C@@H](F)[C@@H]1O. The Balaban J connectivity index is 0.000000524. The van der Waals surface area contributed by atoms with Crippen molar-refractivity contribution < 1.29 is 97.3 Å². The second-order valence-corrected chi connectivity index (χ2v) is 18.2. The third-order valence-corrected chi connectivity index (χ3v) is 12.8. The van der Waals surface area contributed by atoms with Gasteiger partial charge in [-0.05, 0) is 18.6 Å². The number of benzene rings is 2. The summed E-state index contributed by atoms with van der Waals surface area (Å²) in [6.45, 7) is 1.78. The molecule has 0 radical (unpaired) electrons. The van der Waals surface area contributed by atoms with E-state index in [0.29, 0.717) is 33.8 Å². The second kappa shape index (κ2) is 26.0. The van der Waals surface area contributed by atoms with Crippen LogP contribution in [0.4, 0.5) is 14.5 Å². The number of ether oxygens (including phenoxy) is 4. The number of alkyl halides is 2. The molecule has 4 aliphatic rings. The minimum absolute atomic E-state index is 0.0781. The molecule has 28 heteroatoms. The predicted molar refractivity (Wildman–Crippen MR) is 251 cm³/mol. The van der Waals surface area contributed by atoms with E-state index in [1.807, 2.05) is 12.1 Å². The Morgan fingerprint density at radius 2 is 1.28 bits per heavy atom. The maximum atomic E-state index is 14.7. The van der Waals surface area contributed by atoms with Gasteiger partial charge in [0.15, 0.2) is 24.9 Å². The van der Waals surface area contributed by atoms with E-state index < -0.39 is 148 Å². The lowest BCUT2D eigenvalue weighted by Gasteiger charge is -2.41. The fraction of sp³-hybridized carbons (Fsp3) is 0.574. The number of halogens is 2. The van der Waals surface area contributed by atoms with Crippen molar-refractivity contribution in [2.45, 2.75) is 145 Å². The lowest BCUT2D eigenvalue weighted by molar-refractivity contribution is -0.242. The summed E-state index contributed by atoms with van der Waals surface area (Å²) < 4.78 is 49.8. The summed E-state index contributed by atoms with van der Waals surface area (Å²) in [5.74, 6) is -3.47. The summed E-state index contributed by atoms with van der Waals surface area (Å²) in [4.78, 5) is 75.8. The molecule has 26 nitrogen and oxygen atoms in total. The van der Waals surface area contributed by atoms with Crippen molar-refractivity contribution in [2.24, 2.45) is 0 Å². The van der Waals surface area contributed by atoms with Crippen molar-refractivity contribution in [3.8, 4) is 22.5 Å². The van der Waals surface area contributed by atoms with Gasteiger partial charge in [-0.25, -0.2) is 13.5 Å². The van der Waals surface area contributed by atoms with E-state index >= 15 is 0 Å². The standard InChI is InChI=1S/C39H48FN7O13.C8H14FNO5/c1-19-32(38(56)36(54)25(17-48)59-19)43-28(51)16-47-35-22-8-4-3-7-21(22)15-46(24-10-6-5-9-23(24)33(35)44-45-47)29(52)13-14-41-27(50)11-12-30(53)58-18-26-31(40)37(55)34(39(57)60-26)42-20(2)49;1-3(12)10-6-7(13)5(9)4(2-11)15-8(6)14/h3-10,19,25-26,31-32,34,36-39,48,54-57H,11-18H2,1-2H3,(H,41,50)(H,42,49)(H,43,51);4-8,11,13-14H,2H2,1H3,(H,10,12)/t19-,25+,26+,31+,32-,34+,36-,37-,38+,39?;4-,5-,6-,7+,8?/m01/s1. The molecule has 15 atom stereocenters. The Morgan fingerprint density at radius 1 is 0.693 bits per heavy atom. The highest BCUT2D eigenvalue weighted by atomic mass is 19.1. The van der Waals surface area contributed by atoms with Crippen LogP contribution in [0.5, 0.6) is 0 Å². The number of rotatable bonds is 15. The van der Waals surface area contributed by atoms with Crippen molar-refractivity contribution in [3.05, 3.63) is 54.1 Å². The van der Waals surface area contributed by atoms with E-state index in [1.165, 1.54) is 11.6 Å².